The van der Waals surface area contributed by atoms with Crippen molar-refractivity contribution >= 4 is 11.8 Å². The molecular formula is C12H21N3O2. The first-order valence-corrected chi connectivity index (χ1v) is 6.00. The Balaban J connectivity index is 2.28. The molecule has 1 saturated heterocycles. The highest BCUT2D eigenvalue weighted by molar-refractivity contribution is 5.80. The van der Waals surface area contributed by atoms with Crippen molar-refractivity contribution in [1.29, 1.82) is 0 Å². The predicted molar refractivity (Wildman–Crippen MR) is 66.4 cm³/mol. The van der Waals surface area contributed by atoms with Gasteiger partial charge in [0.15, 0.2) is 0 Å². The topological polar surface area (TPSA) is 61.4 Å². The molecule has 1 heterocycles. The third-order valence-corrected chi connectivity index (χ3v) is 3.03. The molecule has 0 atom stereocenters. The minimum absolute atomic E-state index is 0.0604. The van der Waals surface area contributed by atoms with E-state index in [4.69, 9.17) is 0 Å². The third kappa shape index (κ3) is 4.19. The molecule has 0 saturated carbocycles. The van der Waals surface area contributed by atoms with Crippen LogP contribution < -0.4 is 10.6 Å². The van der Waals surface area contributed by atoms with E-state index in [9.17, 15) is 9.59 Å². The fourth-order valence-corrected chi connectivity index (χ4v) is 1.99. The van der Waals surface area contributed by atoms with E-state index in [2.05, 4.69) is 17.2 Å². The van der Waals surface area contributed by atoms with Gasteiger partial charge < -0.3 is 15.5 Å². The number of rotatable bonds is 5. The Morgan fingerprint density at radius 1 is 1.41 bits per heavy atom. The van der Waals surface area contributed by atoms with Crippen LogP contribution in [0.2, 0.25) is 0 Å². The Labute approximate surface area is 102 Å². The second kappa shape index (κ2) is 7.06. The lowest BCUT2D eigenvalue weighted by Gasteiger charge is -2.31. The zero-order valence-electron chi connectivity index (χ0n) is 10.4. The molecule has 1 aliphatic rings. The van der Waals surface area contributed by atoms with Crippen molar-refractivity contribution in [2.75, 3.05) is 33.2 Å². The Bertz CT molecular complexity index is 283. The van der Waals surface area contributed by atoms with Crippen molar-refractivity contribution in [3.05, 3.63) is 12.7 Å². The maximum Gasteiger partial charge on any atom is 0.236 e. The van der Waals surface area contributed by atoms with E-state index < -0.39 is 0 Å². The molecule has 1 aliphatic heterocycles. The van der Waals surface area contributed by atoms with E-state index in [0.29, 0.717) is 26.2 Å². The summed E-state index contributed by atoms with van der Waals surface area (Å²) in [5.74, 6) is 0.245. The molecule has 5 heteroatoms. The highest BCUT2D eigenvalue weighted by Crippen LogP contribution is 2.16. The van der Waals surface area contributed by atoms with Crippen molar-refractivity contribution < 1.29 is 9.59 Å². The Kier molecular flexibility index (Phi) is 5.69. The van der Waals surface area contributed by atoms with Crippen LogP contribution in [0.1, 0.15) is 12.8 Å². The number of piperidine rings is 1. The van der Waals surface area contributed by atoms with E-state index in [1.807, 2.05) is 4.90 Å². The van der Waals surface area contributed by atoms with Crippen LogP contribution in [-0.2, 0) is 9.59 Å². The van der Waals surface area contributed by atoms with Crippen LogP contribution in [0.25, 0.3) is 0 Å². The van der Waals surface area contributed by atoms with E-state index in [-0.39, 0.29) is 17.7 Å². The van der Waals surface area contributed by atoms with Gasteiger partial charge in [-0.1, -0.05) is 6.08 Å². The zero-order chi connectivity index (χ0) is 12.7. The van der Waals surface area contributed by atoms with Crippen LogP contribution in [0.4, 0.5) is 0 Å². The number of hydrogen-bond donors (Lipinski definition) is 2. The van der Waals surface area contributed by atoms with Crippen molar-refractivity contribution in [3.63, 3.8) is 0 Å². The Morgan fingerprint density at radius 3 is 2.59 bits per heavy atom. The number of amides is 2. The standard InChI is InChI=1S/C12H21N3O2/c1-3-6-14-9-11(16)15-7-4-10(5-8-15)12(17)13-2/h3,10,14H,1,4-9H2,2H3,(H,13,17). The summed E-state index contributed by atoms with van der Waals surface area (Å²) in [6.45, 7) is 5.91. The maximum atomic E-state index is 11.7. The molecule has 1 fully saturated rings. The van der Waals surface area contributed by atoms with Crippen molar-refractivity contribution in [2.24, 2.45) is 5.92 Å². The number of nitrogens with one attached hydrogen (secondary N) is 2. The third-order valence-electron chi connectivity index (χ3n) is 3.03. The van der Waals surface area contributed by atoms with Crippen molar-refractivity contribution in [2.45, 2.75) is 12.8 Å². The molecule has 2 amide bonds. The number of hydrogen-bond acceptors (Lipinski definition) is 3. The zero-order valence-corrected chi connectivity index (χ0v) is 10.4. The first kappa shape index (κ1) is 13.7. The van der Waals surface area contributed by atoms with Gasteiger partial charge in [-0.3, -0.25) is 9.59 Å². The Hall–Kier alpha value is -1.36. The quantitative estimate of drug-likeness (QED) is 0.513. The molecule has 5 nitrogen and oxygen atoms in total. The second-order valence-corrected chi connectivity index (χ2v) is 4.19. The average Bonchev–Trinajstić information content (AvgIpc) is 2.38. The summed E-state index contributed by atoms with van der Waals surface area (Å²) in [5.41, 5.74) is 0. The minimum atomic E-state index is 0.0604. The monoisotopic (exact) mass is 239 g/mol. The average molecular weight is 239 g/mol. The largest absolute Gasteiger partial charge is 0.359 e. The van der Waals surface area contributed by atoms with E-state index in [0.717, 1.165) is 12.8 Å². The van der Waals surface area contributed by atoms with Gasteiger partial charge in [-0.25, -0.2) is 0 Å². The number of carbonyl (C=O) groups is 2. The highest BCUT2D eigenvalue weighted by Gasteiger charge is 2.26. The van der Waals surface area contributed by atoms with Gasteiger partial charge in [0, 0.05) is 32.6 Å². The molecule has 0 spiro atoms. The molecule has 0 bridgehead atoms. The normalized spacial score (nSPS) is 16.6. The molecule has 96 valence electrons. The number of likely N-dealkylation sites (tertiary alicyclic amines) is 1. The fourth-order valence-electron chi connectivity index (χ4n) is 1.99. The van der Waals surface area contributed by atoms with Gasteiger partial charge in [0.1, 0.15) is 0 Å². The lowest BCUT2D eigenvalue weighted by molar-refractivity contribution is -0.134. The Morgan fingerprint density at radius 2 is 2.06 bits per heavy atom. The molecule has 17 heavy (non-hydrogen) atoms. The first-order chi connectivity index (χ1) is 8.19. The van der Waals surface area contributed by atoms with Crippen LogP contribution in [0.5, 0.6) is 0 Å². The number of carbonyl (C=O) groups excluding carboxylic acids is 2. The minimum Gasteiger partial charge on any atom is -0.359 e. The smallest absolute Gasteiger partial charge is 0.236 e. The van der Waals surface area contributed by atoms with Crippen LogP contribution in [0.3, 0.4) is 0 Å². The summed E-state index contributed by atoms with van der Waals surface area (Å²) in [7, 11) is 1.65. The molecule has 0 aromatic rings. The molecule has 2 N–H and O–H groups in total. The first-order valence-electron chi connectivity index (χ1n) is 6.00. The lowest BCUT2D eigenvalue weighted by Crippen LogP contribution is -2.45. The van der Waals surface area contributed by atoms with Gasteiger partial charge in [-0.15, -0.1) is 6.58 Å². The van der Waals surface area contributed by atoms with E-state index in [1.54, 1.807) is 13.1 Å². The van der Waals surface area contributed by atoms with E-state index >= 15 is 0 Å². The van der Waals surface area contributed by atoms with Crippen LogP contribution >= 0.6 is 0 Å². The molecule has 0 aromatic carbocycles. The highest BCUT2D eigenvalue weighted by atomic mass is 16.2. The van der Waals surface area contributed by atoms with Crippen LogP contribution in [-0.4, -0.2) is 49.9 Å². The summed E-state index contributed by atoms with van der Waals surface area (Å²) >= 11 is 0. The van der Waals surface area contributed by atoms with Crippen molar-refractivity contribution in [1.82, 2.24) is 15.5 Å². The van der Waals surface area contributed by atoms with Gasteiger partial charge in [-0.2, -0.15) is 0 Å². The number of nitrogens with zero attached hydrogens (tertiary/aromatic N) is 1. The van der Waals surface area contributed by atoms with Crippen LogP contribution in [0.15, 0.2) is 12.7 Å². The van der Waals surface area contributed by atoms with Gasteiger partial charge in [0.25, 0.3) is 0 Å². The lowest BCUT2D eigenvalue weighted by atomic mass is 9.96. The molecule has 0 aliphatic carbocycles. The summed E-state index contributed by atoms with van der Waals surface area (Å²) in [6, 6.07) is 0. The van der Waals surface area contributed by atoms with Gasteiger partial charge in [-0.05, 0) is 12.8 Å². The SMILES string of the molecule is C=CCNCC(=O)N1CCC(C(=O)NC)CC1. The van der Waals surface area contributed by atoms with Gasteiger partial charge >= 0.3 is 0 Å². The molecule has 0 aromatic heterocycles. The maximum absolute atomic E-state index is 11.7. The molecule has 1 rings (SSSR count). The van der Waals surface area contributed by atoms with E-state index in [1.165, 1.54) is 0 Å². The van der Waals surface area contributed by atoms with Gasteiger partial charge in [0.05, 0.1) is 6.54 Å². The van der Waals surface area contributed by atoms with Gasteiger partial charge in [0.2, 0.25) is 11.8 Å². The molecular weight excluding hydrogens is 218 g/mol. The summed E-state index contributed by atoms with van der Waals surface area (Å²) < 4.78 is 0. The second-order valence-electron chi connectivity index (χ2n) is 4.19. The summed E-state index contributed by atoms with van der Waals surface area (Å²) in [6.07, 6.45) is 3.24. The molecule has 0 radical (unpaired) electrons. The van der Waals surface area contributed by atoms with Crippen LogP contribution in [0, 0.1) is 5.92 Å². The fraction of sp³-hybridized carbons (Fsp3) is 0.667. The predicted octanol–water partition coefficient (Wildman–Crippen LogP) is -0.253. The van der Waals surface area contributed by atoms with Crippen molar-refractivity contribution in [3.8, 4) is 0 Å². The summed E-state index contributed by atoms with van der Waals surface area (Å²) in [5, 5.41) is 5.64. The molecule has 0 unspecified atom stereocenters. The summed E-state index contributed by atoms with van der Waals surface area (Å²) in [4.78, 5) is 25.0.